The van der Waals surface area contributed by atoms with Gasteiger partial charge in [0.1, 0.15) is 6.61 Å². The van der Waals surface area contributed by atoms with E-state index in [4.69, 9.17) is 24.3 Å². The van der Waals surface area contributed by atoms with Crippen LogP contribution >= 0.6 is 7.82 Å². The highest BCUT2D eigenvalue weighted by atomic mass is 31.2. The average molecular weight is 898 g/mol. The van der Waals surface area contributed by atoms with Crippen molar-refractivity contribution in [1.29, 1.82) is 0 Å². The van der Waals surface area contributed by atoms with Crippen molar-refractivity contribution in [3.8, 4) is 0 Å². The number of carbonyl (C=O) groups excluding carboxylic acids is 2. The number of nitrogens with two attached hydrogens (primary N) is 1. The minimum absolute atomic E-state index is 0.0414. The summed E-state index contributed by atoms with van der Waals surface area (Å²) in [5.74, 6) is -0.889. The second-order valence-corrected chi connectivity index (χ2v) is 17.0. The van der Waals surface area contributed by atoms with E-state index in [2.05, 4.69) is 123 Å². The van der Waals surface area contributed by atoms with Gasteiger partial charge in [0.25, 0.3) is 0 Å². The molecule has 0 amide bonds. The van der Waals surface area contributed by atoms with Crippen LogP contribution in [0.4, 0.5) is 0 Å². The van der Waals surface area contributed by atoms with Crippen molar-refractivity contribution < 1.29 is 37.6 Å². The van der Waals surface area contributed by atoms with Gasteiger partial charge in [-0.2, -0.15) is 0 Å². The summed E-state index contributed by atoms with van der Waals surface area (Å²) in [7, 11) is -4.40. The van der Waals surface area contributed by atoms with E-state index in [-0.39, 0.29) is 32.6 Å². The quantitative estimate of drug-likeness (QED) is 0.0265. The van der Waals surface area contributed by atoms with Crippen LogP contribution in [0, 0.1) is 0 Å². The van der Waals surface area contributed by atoms with Gasteiger partial charge in [0.15, 0.2) is 6.10 Å². The molecule has 2 atom stereocenters. The predicted octanol–water partition coefficient (Wildman–Crippen LogP) is 14.7. The molecule has 0 saturated heterocycles. The molecular formula is C53H88NO8P. The number of hydrogen-bond donors (Lipinski definition) is 2. The number of hydrogen-bond acceptors (Lipinski definition) is 8. The topological polar surface area (TPSA) is 134 Å². The Labute approximate surface area is 384 Å². The van der Waals surface area contributed by atoms with Crippen molar-refractivity contribution >= 4 is 19.8 Å². The maximum atomic E-state index is 12.6. The third-order valence-electron chi connectivity index (χ3n) is 9.65. The third-order valence-corrected chi connectivity index (χ3v) is 10.6. The first-order chi connectivity index (χ1) is 30.8. The number of rotatable bonds is 44. The van der Waals surface area contributed by atoms with E-state index in [0.717, 1.165) is 96.3 Å². The normalized spacial score (nSPS) is 14.2. The minimum atomic E-state index is -4.40. The summed E-state index contributed by atoms with van der Waals surface area (Å²) in [5, 5.41) is 0. The van der Waals surface area contributed by atoms with Crippen molar-refractivity contribution in [3.63, 3.8) is 0 Å². The van der Waals surface area contributed by atoms with Crippen LogP contribution in [-0.4, -0.2) is 49.3 Å². The Hall–Kier alpha value is -3.33. The van der Waals surface area contributed by atoms with Gasteiger partial charge in [0, 0.05) is 19.4 Å². The Morgan fingerprint density at radius 2 is 0.825 bits per heavy atom. The van der Waals surface area contributed by atoms with E-state index < -0.39 is 32.5 Å². The van der Waals surface area contributed by atoms with Crippen molar-refractivity contribution in [2.75, 3.05) is 26.4 Å². The Morgan fingerprint density at radius 1 is 0.476 bits per heavy atom. The number of phosphoric ester groups is 1. The van der Waals surface area contributed by atoms with Crippen LogP contribution in [0.3, 0.4) is 0 Å². The molecule has 0 heterocycles. The molecule has 2 unspecified atom stereocenters. The summed E-state index contributed by atoms with van der Waals surface area (Å²) < 4.78 is 32.8. The summed E-state index contributed by atoms with van der Waals surface area (Å²) >= 11 is 0. The monoisotopic (exact) mass is 898 g/mol. The van der Waals surface area contributed by atoms with Gasteiger partial charge in [-0.25, -0.2) is 4.57 Å². The lowest BCUT2D eigenvalue weighted by Crippen LogP contribution is -2.29. The number of allylic oxidation sites excluding steroid dienone is 18. The molecule has 0 rings (SSSR count). The summed E-state index contributed by atoms with van der Waals surface area (Å²) in [6, 6.07) is 0. The fraction of sp³-hybridized carbons (Fsp3) is 0.623. The molecule has 0 aliphatic carbocycles. The number of carbonyl (C=O) groups is 2. The zero-order chi connectivity index (χ0) is 46.0. The smallest absolute Gasteiger partial charge is 0.462 e. The number of ether oxygens (including phenoxy) is 2. The summed E-state index contributed by atoms with van der Waals surface area (Å²) in [4.78, 5) is 35.0. The molecule has 0 aromatic rings. The van der Waals surface area contributed by atoms with E-state index in [1.807, 2.05) is 0 Å². The van der Waals surface area contributed by atoms with Gasteiger partial charge in [-0.1, -0.05) is 181 Å². The number of unbranched alkanes of at least 4 members (excludes halogenated alkanes) is 13. The maximum Gasteiger partial charge on any atom is 0.472 e. The SMILES string of the molecule is CC/C=C\C/C=C\C/C=C\C/C=C\C/C=C\CCCCCCCCCCCCCC(=O)OC(COC(=O)CCCC/C=C\C/C=C\C/C=C\C/C=C\CC)COP(=O)(O)OCCN. The third kappa shape index (κ3) is 48.0. The lowest BCUT2D eigenvalue weighted by molar-refractivity contribution is -0.161. The summed E-state index contributed by atoms with van der Waals surface area (Å²) in [6.45, 7) is 3.44. The van der Waals surface area contributed by atoms with Crippen LogP contribution in [-0.2, 0) is 32.7 Å². The molecule has 0 bridgehead atoms. The van der Waals surface area contributed by atoms with E-state index >= 15 is 0 Å². The molecule has 9 nitrogen and oxygen atoms in total. The minimum Gasteiger partial charge on any atom is -0.462 e. The fourth-order valence-corrected chi connectivity index (χ4v) is 6.89. The molecule has 358 valence electrons. The molecule has 0 aliphatic rings. The van der Waals surface area contributed by atoms with Crippen LogP contribution in [0.15, 0.2) is 109 Å². The van der Waals surface area contributed by atoms with Gasteiger partial charge in [-0.3, -0.25) is 18.6 Å². The van der Waals surface area contributed by atoms with E-state index in [0.29, 0.717) is 12.8 Å². The Balaban J connectivity index is 4.11. The second kappa shape index (κ2) is 48.1. The maximum absolute atomic E-state index is 12.6. The molecule has 0 aliphatic heterocycles. The zero-order valence-electron chi connectivity index (χ0n) is 39.5. The molecule has 3 N–H and O–H groups in total. The molecule has 63 heavy (non-hydrogen) atoms. The number of esters is 2. The van der Waals surface area contributed by atoms with Crippen LogP contribution < -0.4 is 5.73 Å². The highest BCUT2D eigenvalue weighted by molar-refractivity contribution is 7.47. The first-order valence-corrected chi connectivity index (χ1v) is 25.9. The molecule has 0 saturated carbocycles. The number of phosphoric acid groups is 1. The highest BCUT2D eigenvalue weighted by Gasteiger charge is 2.26. The van der Waals surface area contributed by atoms with Crippen molar-refractivity contribution in [3.05, 3.63) is 109 Å². The first kappa shape index (κ1) is 59.7. The second-order valence-electron chi connectivity index (χ2n) is 15.6. The van der Waals surface area contributed by atoms with Crippen LogP contribution in [0.5, 0.6) is 0 Å². The van der Waals surface area contributed by atoms with Crippen LogP contribution in [0.2, 0.25) is 0 Å². The first-order valence-electron chi connectivity index (χ1n) is 24.4. The molecule has 0 radical (unpaired) electrons. The van der Waals surface area contributed by atoms with Crippen molar-refractivity contribution in [2.45, 2.75) is 187 Å². The fourth-order valence-electron chi connectivity index (χ4n) is 6.12. The zero-order valence-corrected chi connectivity index (χ0v) is 40.4. The molecule has 0 aromatic carbocycles. The highest BCUT2D eigenvalue weighted by Crippen LogP contribution is 2.43. The Kier molecular flexibility index (Phi) is 45.6. The van der Waals surface area contributed by atoms with Crippen LogP contribution in [0.1, 0.15) is 181 Å². The van der Waals surface area contributed by atoms with Gasteiger partial charge in [0.05, 0.1) is 13.2 Å². The van der Waals surface area contributed by atoms with Gasteiger partial charge in [-0.05, 0) is 96.3 Å². The van der Waals surface area contributed by atoms with Crippen molar-refractivity contribution in [1.82, 2.24) is 0 Å². The van der Waals surface area contributed by atoms with Gasteiger partial charge in [-0.15, -0.1) is 0 Å². The predicted molar refractivity (Wildman–Crippen MR) is 265 cm³/mol. The summed E-state index contributed by atoms with van der Waals surface area (Å²) in [6.07, 6.45) is 64.2. The lowest BCUT2D eigenvalue weighted by atomic mass is 10.0. The van der Waals surface area contributed by atoms with Crippen molar-refractivity contribution in [2.24, 2.45) is 5.73 Å². The molecule has 0 fully saturated rings. The largest absolute Gasteiger partial charge is 0.472 e. The molecule has 0 spiro atoms. The van der Waals surface area contributed by atoms with Gasteiger partial charge in [0.2, 0.25) is 0 Å². The Bertz CT molecular complexity index is 1390. The lowest BCUT2D eigenvalue weighted by Gasteiger charge is -2.19. The standard InChI is InChI=1S/C53H88NO8P/c1-3-5-7-9-11-13-15-17-19-20-21-22-23-24-25-26-27-28-29-30-32-34-36-38-40-42-44-46-53(56)62-51(50-61-63(57,58)60-48-47-54)49-59-52(55)45-43-41-39-37-35-33-31-18-16-14-12-10-8-6-4-2/h5-8,11-14,17-19,21-22,24-25,31,35,37,51H,3-4,9-10,15-16,20,23,26-30,32-34,36,38-50,54H2,1-2H3,(H,57,58)/b7-5-,8-6-,13-11-,14-12-,19-17-,22-21-,25-24-,31-18-,37-35-. The molecule has 10 heteroatoms. The van der Waals surface area contributed by atoms with Crippen LogP contribution in [0.25, 0.3) is 0 Å². The average Bonchev–Trinajstić information content (AvgIpc) is 3.27. The van der Waals surface area contributed by atoms with E-state index in [9.17, 15) is 19.0 Å². The van der Waals surface area contributed by atoms with E-state index in [1.165, 1.54) is 44.9 Å². The van der Waals surface area contributed by atoms with Gasteiger partial charge < -0.3 is 20.1 Å². The molecular weight excluding hydrogens is 810 g/mol. The van der Waals surface area contributed by atoms with E-state index in [1.54, 1.807) is 0 Å². The molecule has 0 aromatic heterocycles. The Morgan fingerprint density at radius 3 is 1.25 bits per heavy atom. The van der Waals surface area contributed by atoms with Gasteiger partial charge >= 0.3 is 19.8 Å². The summed E-state index contributed by atoms with van der Waals surface area (Å²) in [5.41, 5.74) is 5.36.